The van der Waals surface area contributed by atoms with Crippen molar-refractivity contribution >= 4 is 5.91 Å². The van der Waals surface area contributed by atoms with E-state index in [9.17, 15) is 4.79 Å². The Hall–Kier alpha value is -1.35. The summed E-state index contributed by atoms with van der Waals surface area (Å²) in [7, 11) is 0. The summed E-state index contributed by atoms with van der Waals surface area (Å²) < 4.78 is 5.28. The van der Waals surface area contributed by atoms with E-state index in [0.717, 1.165) is 31.6 Å². The lowest BCUT2D eigenvalue weighted by Crippen LogP contribution is -2.27. The van der Waals surface area contributed by atoms with Gasteiger partial charge < -0.3 is 10.1 Å². The Morgan fingerprint density at radius 2 is 1.94 bits per heavy atom. The van der Waals surface area contributed by atoms with Crippen molar-refractivity contribution in [3.8, 4) is 0 Å². The van der Waals surface area contributed by atoms with Crippen molar-refractivity contribution in [2.75, 3.05) is 13.2 Å². The molecule has 1 amide bonds. The van der Waals surface area contributed by atoms with Crippen LogP contribution in [-0.2, 0) is 16.1 Å². The van der Waals surface area contributed by atoms with E-state index < -0.39 is 0 Å². The van der Waals surface area contributed by atoms with Gasteiger partial charge in [-0.2, -0.15) is 0 Å². The van der Waals surface area contributed by atoms with Gasteiger partial charge in [-0.3, -0.25) is 4.79 Å². The van der Waals surface area contributed by atoms with Gasteiger partial charge in [-0.1, -0.05) is 30.3 Å². The second-order valence-corrected chi connectivity index (χ2v) is 4.52. The highest BCUT2D eigenvalue weighted by molar-refractivity contribution is 5.76. The van der Waals surface area contributed by atoms with Crippen LogP contribution in [0.25, 0.3) is 0 Å². The molecule has 0 atom stereocenters. The summed E-state index contributed by atoms with van der Waals surface area (Å²) in [6.07, 6.45) is 2.66. The molecule has 0 spiro atoms. The molecule has 92 valence electrons. The lowest BCUT2D eigenvalue weighted by molar-refractivity contribution is -0.122. The van der Waals surface area contributed by atoms with Crippen molar-refractivity contribution in [2.24, 2.45) is 5.92 Å². The minimum absolute atomic E-state index is 0.153. The van der Waals surface area contributed by atoms with Gasteiger partial charge in [0.15, 0.2) is 0 Å². The van der Waals surface area contributed by atoms with Crippen LogP contribution >= 0.6 is 0 Å². The molecule has 0 radical (unpaired) electrons. The maximum Gasteiger partial charge on any atom is 0.220 e. The second kappa shape index (κ2) is 6.40. The molecule has 17 heavy (non-hydrogen) atoms. The first-order valence-corrected chi connectivity index (χ1v) is 6.23. The summed E-state index contributed by atoms with van der Waals surface area (Å²) in [5.74, 6) is 0.653. The van der Waals surface area contributed by atoms with E-state index >= 15 is 0 Å². The molecule has 1 fully saturated rings. The topological polar surface area (TPSA) is 38.3 Å². The summed E-state index contributed by atoms with van der Waals surface area (Å²) in [6, 6.07) is 10.00. The average Bonchev–Trinajstić information content (AvgIpc) is 2.39. The molecule has 1 saturated heterocycles. The molecule has 0 saturated carbocycles. The fraction of sp³-hybridized carbons (Fsp3) is 0.500. The Balaban J connectivity index is 1.70. The minimum Gasteiger partial charge on any atom is -0.381 e. The fourth-order valence-electron chi connectivity index (χ4n) is 2.08. The Bertz CT molecular complexity index is 344. The molecule has 1 aliphatic rings. The van der Waals surface area contributed by atoms with Gasteiger partial charge in [-0.05, 0) is 24.3 Å². The third-order valence-corrected chi connectivity index (χ3v) is 3.15. The van der Waals surface area contributed by atoms with Gasteiger partial charge in [0.2, 0.25) is 5.91 Å². The number of benzene rings is 1. The quantitative estimate of drug-likeness (QED) is 0.865. The Morgan fingerprint density at radius 3 is 2.65 bits per heavy atom. The summed E-state index contributed by atoms with van der Waals surface area (Å²) in [5.41, 5.74) is 1.15. The first kappa shape index (κ1) is 12.1. The van der Waals surface area contributed by atoms with Crippen LogP contribution in [0.4, 0.5) is 0 Å². The standard InChI is InChI=1S/C14H19NO2/c16-14(10-12-6-8-17-9-7-12)15-11-13-4-2-1-3-5-13/h1-5,12H,6-11H2,(H,15,16). The molecule has 1 aromatic carbocycles. The number of nitrogens with one attached hydrogen (secondary N) is 1. The molecular weight excluding hydrogens is 214 g/mol. The highest BCUT2D eigenvalue weighted by atomic mass is 16.5. The zero-order valence-electron chi connectivity index (χ0n) is 10.0. The molecule has 1 aromatic rings. The number of carbonyl (C=O) groups is 1. The molecule has 0 aliphatic carbocycles. The number of amides is 1. The normalized spacial score (nSPS) is 16.7. The molecule has 3 heteroatoms. The zero-order chi connectivity index (χ0) is 11.9. The highest BCUT2D eigenvalue weighted by Gasteiger charge is 2.16. The highest BCUT2D eigenvalue weighted by Crippen LogP contribution is 2.18. The molecule has 1 N–H and O–H groups in total. The van der Waals surface area contributed by atoms with Crippen LogP contribution in [0.5, 0.6) is 0 Å². The van der Waals surface area contributed by atoms with Crippen LogP contribution in [0.2, 0.25) is 0 Å². The van der Waals surface area contributed by atoms with Crippen molar-refractivity contribution in [1.82, 2.24) is 5.32 Å². The predicted octanol–water partition coefficient (Wildman–Crippen LogP) is 2.12. The number of carbonyl (C=O) groups excluding carboxylic acids is 1. The van der Waals surface area contributed by atoms with E-state index in [1.54, 1.807) is 0 Å². The SMILES string of the molecule is O=C(CC1CCOCC1)NCc1ccccc1. The van der Waals surface area contributed by atoms with Gasteiger partial charge in [-0.15, -0.1) is 0 Å². The van der Waals surface area contributed by atoms with Crippen LogP contribution in [0.3, 0.4) is 0 Å². The molecule has 0 aromatic heterocycles. The third-order valence-electron chi connectivity index (χ3n) is 3.15. The van der Waals surface area contributed by atoms with Crippen molar-refractivity contribution in [3.63, 3.8) is 0 Å². The van der Waals surface area contributed by atoms with E-state index in [1.165, 1.54) is 0 Å². The van der Waals surface area contributed by atoms with Crippen molar-refractivity contribution in [1.29, 1.82) is 0 Å². The van der Waals surface area contributed by atoms with Crippen molar-refractivity contribution in [2.45, 2.75) is 25.8 Å². The molecule has 1 aliphatic heterocycles. The fourth-order valence-corrected chi connectivity index (χ4v) is 2.08. The monoisotopic (exact) mass is 233 g/mol. The maximum absolute atomic E-state index is 11.7. The van der Waals surface area contributed by atoms with Gasteiger partial charge in [0, 0.05) is 26.2 Å². The minimum atomic E-state index is 0.153. The van der Waals surface area contributed by atoms with E-state index in [0.29, 0.717) is 18.9 Å². The van der Waals surface area contributed by atoms with Crippen molar-refractivity contribution in [3.05, 3.63) is 35.9 Å². The van der Waals surface area contributed by atoms with Crippen molar-refractivity contribution < 1.29 is 9.53 Å². The smallest absolute Gasteiger partial charge is 0.220 e. The predicted molar refractivity (Wildman–Crippen MR) is 66.4 cm³/mol. The van der Waals surface area contributed by atoms with Crippen LogP contribution in [0.1, 0.15) is 24.8 Å². The van der Waals surface area contributed by atoms with Gasteiger partial charge >= 0.3 is 0 Å². The Morgan fingerprint density at radius 1 is 1.24 bits per heavy atom. The number of hydrogen-bond acceptors (Lipinski definition) is 2. The molecular formula is C14H19NO2. The summed E-state index contributed by atoms with van der Waals surface area (Å²) >= 11 is 0. The molecule has 3 nitrogen and oxygen atoms in total. The average molecular weight is 233 g/mol. The Kier molecular flexibility index (Phi) is 4.56. The molecule has 1 heterocycles. The lowest BCUT2D eigenvalue weighted by Gasteiger charge is -2.21. The largest absolute Gasteiger partial charge is 0.381 e. The maximum atomic E-state index is 11.7. The molecule has 0 bridgehead atoms. The van der Waals surface area contributed by atoms with Crippen LogP contribution < -0.4 is 5.32 Å². The van der Waals surface area contributed by atoms with Gasteiger partial charge in [-0.25, -0.2) is 0 Å². The third kappa shape index (κ3) is 4.19. The van der Waals surface area contributed by atoms with Gasteiger partial charge in [0.25, 0.3) is 0 Å². The number of hydrogen-bond donors (Lipinski definition) is 1. The van der Waals surface area contributed by atoms with Crippen LogP contribution in [-0.4, -0.2) is 19.1 Å². The molecule has 0 unspecified atom stereocenters. The number of rotatable bonds is 4. The number of ether oxygens (including phenoxy) is 1. The van der Waals surface area contributed by atoms with Gasteiger partial charge in [0.1, 0.15) is 0 Å². The first-order valence-electron chi connectivity index (χ1n) is 6.23. The van der Waals surface area contributed by atoms with Crippen LogP contribution in [0.15, 0.2) is 30.3 Å². The lowest BCUT2D eigenvalue weighted by atomic mass is 9.96. The summed E-state index contributed by atoms with van der Waals surface area (Å²) in [5, 5.41) is 2.97. The van der Waals surface area contributed by atoms with E-state index in [1.807, 2.05) is 30.3 Å². The summed E-state index contributed by atoms with van der Waals surface area (Å²) in [4.78, 5) is 11.7. The van der Waals surface area contributed by atoms with E-state index in [-0.39, 0.29) is 5.91 Å². The van der Waals surface area contributed by atoms with E-state index in [4.69, 9.17) is 4.74 Å². The van der Waals surface area contributed by atoms with Gasteiger partial charge in [0.05, 0.1) is 0 Å². The first-order chi connectivity index (χ1) is 8.34. The second-order valence-electron chi connectivity index (χ2n) is 4.52. The summed E-state index contributed by atoms with van der Waals surface area (Å²) in [6.45, 7) is 2.23. The Labute approximate surface area is 102 Å². The van der Waals surface area contributed by atoms with Crippen LogP contribution in [0, 0.1) is 5.92 Å². The van der Waals surface area contributed by atoms with E-state index in [2.05, 4.69) is 5.32 Å². The zero-order valence-corrected chi connectivity index (χ0v) is 10.0. The molecule has 2 rings (SSSR count).